The topological polar surface area (TPSA) is 76.1 Å². The molecule has 1 aliphatic rings. The average Bonchev–Trinajstić information content (AvgIpc) is 3.17. The molecule has 0 bridgehead atoms. The van der Waals surface area contributed by atoms with Gasteiger partial charge in [-0.2, -0.15) is 0 Å². The molecule has 0 radical (unpaired) electrons. The fourth-order valence-corrected chi connectivity index (χ4v) is 6.00. The Bertz CT molecular complexity index is 1140. The third-order valence-electron chi connectivity index (χ3n) is 5.93. The van der Waals surface area contributed by atoms with Crippen LogP contribution in [0.15, 0.2) is 66.7 Å². The highest BCUT2D eigenvalue weighted by atomic mass is 32.2. The van der Waals surface area contributed by atoms with Gasteiger partial charge in [-0.15, -0.1) is 0 Å². The second-order valence-electron chi connectivity index (χ2n) is 8.26. The van der Waals surface area contributed by atoms with Crippen molar-refractivity contribution in [3.63, 3.8) is 0 Å². The van der Waals surface area contributed by atoms with Crippen LogP contribution in [0.2, 0.25) is 0 Å². The fourth-order valence-electron chi connectivity index (χ4n) is 4.24. The second-order valence-corrected chi connectivity index (χ2v) is 10.5. The zero-order chi connectivity index (χ0) is 22.6. The van der Waals surface area contributed by atoms with Crippen LogP contribution in [0, 0.1) is 0 Å². The summed E-state index contributed by atoms with van der Waals surface area (Å²) in [6.45, 7) is 1.03. The van der Waals surface area contributed by atoms with Crippen LogP contribution in [0.1, 0.15) is 12.0 Å². The SMILES string of the molecule is COc1ccc(OC[C@H](O)CN(Cc2cccc3ccccc23)[C@@H]2CCS(=O)(=O)C2)cc1. The number of ether oxygens (including phenoxy) is 2. The molecule has 32 heavy (non-hydrogen) atoms. The highest BCUT2D eigenvalue weighted by Gasteiger charge is 2.33. The van der Waals surface area contributed by atoms with Gasteiger partial charge in [-0.1, -0.05) is 42.5 Å². The molecule has 1 fully saturated rings. The first-order valence-corrected chi connectivity index (χ1v) is 12.6. The molecule has 4 rings (SSSR count). The summed E-state index contributed by atoms with van der Waals surface area (Å²) in [5, 5.41) is 13.0. The number of nitrogens with zero attached hydrogens (tertiary/aromatic N) is 1. The number of hydrogen-bond donors (Lipinski definition) is 1. The molecule has 0 amide bonds. The molecular weight excluding hydrogens is 426 g/mol. The molecule has 3 aromatic rings. The van der Waals surface area contributed by atoms with E-state index in [4.69, 9.17) is 9.47 Å². The highest BCUT2D eigenvalue weighted by molar-refractivity contribution is 7.91. The zero-order valence-corrected chi connectivity index (χ0v) is 19.0. The number of aliphatic hydroxyl groups is 1. The molecule has 0 spiro atoms. The quantitative estimate of drug-likeness (QED) is 0.534. The predicted octanol–water partition coefficient (Wildman–Crippen LogP) is 3.28. The lowest BCUT2D eigenvalue weighted by molar-refractivity contribution is 0.0526. The Morgan fingerprint density at radius 3 is 2.47 bits per heavy atom. The normalized spacial score (nSPS) is 18.7. The molecule has 0 aromatic heterocycles. The number of methoxy groups -OCH3 is 1. The van der Waals surface area contributed by atoms with Gasteiger partial charge < -0.3 is 14.6 Å². The Labute approximate surface area is 189 Å². The number of benzene rings is 3. The van der Waals surface area contributed by atoms with Crippen molar-refractivity contribution in [2.24, 2.45) is 0 Å². The molecule has 0 saturated carbocycles. The van der Waals surface area contributed by atoms with Crippen LogP contribution in [0.3, 0.4) is 0 Å². The number of aliphatic hydroxyl groups excluding tert-OH is 1. The number of hydrogen-bond acceptors (Lipinski definition) is 6. The number of fused-ring (bicyclic) bond motifs is 1. The average molecular weight is 456 g/mol. The minimum absolute atomic E-state index is 0.116. The maximum atomic E-state index is 12.1. The van der Waals surface area contributed by atoms with Gasteiger partial charge in [0.25, 0.3) is 0 Å². The molecule has 1 saturated heterocycles. The maximum Gasteiger partial charge on any atom is 0.151 e. The van der Waals surface area contributed by atoms with E-state index in [1.165, 1.54) is 0 Å². The molecule has 1 N–H and O–H groups in total. The van der Waals surface area contributed by atoms with Crippen molar-refractivity contribution < 1.29 is 23.0 Å². The monoisotopic (exact) mass is 455 g/mol. The van der Waals surface area contributed by atoms with Gasteiger partial charge in [0.1, 0.15) is 24.2 Å². The van der Waals surface area contributed by atoms with Crippen LogP contribution >= 0.6 is 0 Å². The molecule has 3 aromatic carbocycles. The van der Waals surface area contributed by atoms with Crippen LogP contribution in [0.25, 0.3) is 10.8 Å². The summed E-state index contributed by atoms with van der Waals surface area (Å²) in [7, 11) is -1.43. The van der Waals surface area contributed by atoms with Crippen molar-refractivity contribution in [2.75, 3.05) is 31.8 Å². The van der Waals surface area contributed by atoms with Crippen molar-refractivity contribution >= 4 is 20.6 Å². The Balaban J connectivity index is 1.47. The number of rotatable bonds is 9. The van der Waals surface area contributed by atoms with Crippen molar-refractivity contribution in [3.8, 4) is 11.5 Å². The van der Waals surface area contributed by atoms with Gasteiger partial charge in [-0.05, 0) is 47.0 Å². The zero-order valence-electron chi connectivity index (χ0n) is 18.2. The third kappa shape index (κ3) is 5.59. The lowest BCUT2D eigenvalue weighted by Crippen LogP contribution is -2.42. The number of sulfone groups is 1. The first kappa shape index (κ1) is 22.6. The molecular formula is C25H29NO5S. The second kappa shape index (κ2) is 9.90. The standard InChI is InChI=1S/C25H29NO5S/c1-30-23-9-11-24(12-10-23)31-17-22(27)16-26(21-13-14-32(28,29)18-21)15-20-7-4-6-19-5-2-3-8-25(19)20/h2-12,21-22,27H,13-18H2,1H3/t21-,22-/m1/s1. The van der Waals surface area contributed by atoms with Gasteiger partial charge in [-0.3, -0.25) is 4.90 Å². The summed E-state index contributed by atoms with van der Waals surface area (Å²) in [6.07, 6.45) is -0.172. The van der Waals surface area contributed by atoms with Crippen LogP contribution in [0.4, 0.5) is 0 Å². The first-order chi connectivity index (χ1) is 15.4. The van der Waals surface area contributed by atoms with Gasteiger partial charge in [0.2, 0.25) is 0 Å². The van der Waals surface area contributed by atoms with Gasteiger partial charge >= 0.3 is 0 Å². The minimum atomic E-state index is -3.04. The van der Waals surface area contributed by atoms with Crippen molar-refractivity contribution in [3.05, 3.63) is 72.3 Å². The van der Waals surface area contributed by atoms with E-state index in [1.807, 2.05) is 18.2 Å². The van der Waals surface area contributed by atoms with E-state index in [1.54, 1.807) is 31.4 Å². The van der Waals surface area contributed by atoms with Crippen molar-refractivity contribution in [1.29, 1.82) is 0 Å². The summed E-state index contributed by atoms with van der Waals surface area (Å²) in [5.74, 6) is 1.71. The van der Waals surface area contributed by atoms with E-state index in [0.29, 0.717) is 25.3 Å². The lowest BCUT2D eigenvalue weighted by atomic mass is 10.0. The van der Waals surface area contributed by atoms with E-state index in [-0.39, 0.29) is 24.2 Å². The first-order valence-electron chi connectivity index (χ1n) is 10.8. The van der Waals surface area contributed by atoms with Crippen LogP contribution in [-0.2, 0) is 16.4 Å². The van der Waals surface area contributed by atoms with Crippen molar-refractivity contribution in [1.82, 2.24) is 4.90 Å². The van der Waals surface area contributed by atoms with Gasteiger partial charge in [0.05, 0.1) is 18.6 Å². The fraction of sp³-hybridized carbons (Fsp3) is 0.360. The van der Waals surface area contributed by atoms with Crippen molar-refractivity contribution in [2.45, 2.75) is 25.1 Å². The molecule has 1 aliphatic heterocycles. The largest absolute Gasteiger partial charge is 0.497 e. The van der Waals surface area contributed by atoms with Gasteiger partial charge in [0, 0.05) is 19.1 Å². The summed E-state index contributed by atoms with van der Waals surface area (Å²) in [6, 6.07) is 21.4. The predicted molar refractivity (Wildman–Crippen MR) is 126 cm³/mol. The molecule has 170 valence electrons. The summed E-state index contributed by atoms with van der Waals surface area (Å²) >= 11 is 0. The third-order valence-corrected chi connectivity index (χ3v) is 7.68. The Morgan fingerprint density at radius 1 is 1.03 bits per heavy atom. The molecule has 1 heterocycles. The highest BCUT2D eigenvalue weighted by Crippen LogP contribution is 2.25. The molecule has 2 atom stereocenters. The lowest BCUT2D eigenvalue weighted by Gasteiger charge is -2.30. The van der Waals surface area contributed by atoms with E-state index < -0.39 is 15.9 Å². The Kier molecular flexibility index (Phi) is 6.98. The van der Waals surface area contributed by atoms with E-state index >= 15 is 0 Å². The van der Waals surface area contributed by atoms with Crippen LogP contribution in [-0.4, -0.2) is 62.3 Å². The minimum Gasteiger partial charge on any atom is -0.497 e. The van der Waals surface area contributed by atoms with E-state index in [0.717, 1.165) is 22.1 Å². The summed E-state index contributed by atoms with van der Waals surface area (Å²) < 4.78 is 35.2. The smallest absolute Gasteiger partial charge is 0.151 e. The Hall–Kier alpha value is -2.61. The molecule has 0 unspecified atom stereocenters. The van der Waals surface area contributed by atoms with E-state index in [9.17, 15) is 13.5 Å². The van der Waals surface area contributed by atoms with Crippen LogP contribution < -0.4 is 9.47 Å². The molecule has 0 aliphatic carbocycles. The summed E-state index contributed by atoms with van der Waals surface area (Å²) in [5.41, 5.74) is 1.12. The summed E-state index contributed by atoms with van der Waals surface area (Å²) in [4.78, 5) is 2.09. The van der Waals surface area contributed by atoms with Crippen LogP contribution in [0.5, 0.6) is 11.5 Å². The van der Waals surface area contributed by atoms with Gasteiger partial charge in [-0.25, -0.2) is 8.42 Å². The van der Waals surface area contributed by atoms with Gasteiger partial charge in [0.15, 0.2) is 9.84 Å². The maximum absolute atomic E-state index is 12.1. The Morgan fingerprint density at radius 2 is 1.75 bits per heavy atom. The molecule has 6 nitrogen and oxygen atoms in total. The molecule has 7 heteroatoms. The van der Waals surface area contributed by atoms with E-state index in [2.05, 4.69) is 29.2 Å².